The molecule has 4 nitrogen and oxygen atoms in total. The number of unbranched alkanes of at least 4 members (excludes halogenated alkanes) is 5. The fourth-order valence-corrected chi connectivity index (χ4v) is 3.41. The van der Waals surface area contributed by atoms with Crippen LogP contribution >= 0.6 is 0 Å². The molecule has 0 amide bonds. The molecule has 1 atom stereocenters. The smallest absolute Gasteiger partial charge is 0.327 e. The Kier molecular flexibility index (Phi) is 7.10. The number of ether oxygens (including phenoxy) is 1. The van der Waals surface area contributed by atoms with Crippen LogP contribution in [0, 0.1) is 0 Å². The zero-order chi connectivity index (χ0) is 17.4. The molecule has 2 N–H and O–H groups in total. The van der Waals surface area contributed by atoms with Crippen molar-refractivity contribution in [3.8, 4) is 0 Å². The highest BCUT2D eigenvalue weighted by Crippen LogP contribution is 2.26. The Labute approximate surface area is 146 Å². The highest BCUT2D eigenvalue weighted by molar-refractivity contribution is 5.82. The van der Waals surface area contributed by atoms with E-state index in [9.17, 15) is 4.79 Å². The molecule has 1 heterocycles. The van der Waals surface area contributed by atoms with Crippen molar-refractivity contribution in [3.05, 3.63) is 29.8 Å². The zero-order valence-electron chi connectivity index (χ0n) is 15.2. The maximum absolute atomic E-state index is 11.8. The van der Waals surface area contributed by atoms with Gasteiger partial charge in [0, 0.05) is 18.8 Å². The molecule has 0 saturated carbocycles. The Morgan fingerprint density at radius 3 is 2.50 bits per heavy atom. The van der Waals surface area contributed by atoms with E-state index in [0.29, 0.717) is 13.0 Å². The highest BCUT2D eigenvalue weighted by Gasteiger charge is 2.42. The van der Waals surface area contributed by atoms with Gasteiger partial charge in [-0.25, -0.2) is 4.79 Å². The number of methoxy groups -OCH3 is 1. The molecule has 24 heavy (non-hydrogen) atoms. The van der Waals surface area contributed by atoms with Gasteiger partial charge in [0.1, 0.15) is 5.54 Å². The van der Waals surface area contributed by atoms with Gasteiger partial charge >= 0.3 is 5.97 Å². The van der Waals surface area contributed by atoms with Crippen LogP contribution in [0.4, 0.5) is 5.69 Å². The van der Waals surface area contributed by atoms with Gasteiger partial charge in [0.05, 0.1) is 7.11 Å². The van der Waals surface area contributed by atoms with Crippen LogP contribution in [0.1, 0.15) is 57.4 Å². The minimum Gasteiger partial charge on any atom is -0.468 e. The SMILES string of the molecule is CCCCCCCCc1ccc(N2CCC(N)(C(=O)OC)C2)cc1. The van der Waals surface area contributed by atoms with E-state index in [0.717, 1.165) is 18.7 Å². The molecule has 0 bridgehead atoms. The van der Waals surface area contributed by atoms with Crippen molar-refractivity contribution in [2.45, 2.75) is 63.8 Å². The Balaban J connectivity index is 1.79. The van der Waals surface area contributed by atoms with E-state index in [-0.39, 0.29) is 5.97 Å². The summed E-state index contributed by atoms with van der Waals surface area (Å²) in [5, 5.41) is 0. The fraction of sp³-hybridized carbons (Fsp3) is 0.650. The predicted molar refractivity (Wildman–Crippen MR) is 99.3 cm³/mol. The summed E-state index contributed by atoms with van der Waals surface area (Å²) in [7, 11) is 1.40. The molecule has 1 aromatic carbocycles. The molecule has 1 aliphatic rings. The van der Waals surface area contributed by atoms with Crippen LogP contribution in [0.15, 0.2) is 24.3 Å². The molecule has 0 spiro atoms. The van der Waals surface area contributed by atoms with Gasteiger partial charge in [-0.2, -0.15) is 0 Å². The lowest BCUT2D eigenvalue weighted by Crippen LogP contribution is -2.50. The quantitative estimate of drug-likeness (QED) is 0.554. The number of carbonyl (C=O) groups excluding carboxylic acids is 1. The summed E-state index contributed by atoms with van der Waals surface area (Å²) in [6.07, 6.45) is 9.76. The van der Waals surface area contributed by atoms with E-state index >= 15 is 0 Å². The first-order valence-corrected chi connectivity index (χ1v) is 9.30. The summed E-state index contributed by atoms with van der Waals surface area (Å²) in [5.74, 6) is -0.315. The van der Waals surface area contributed by atoms with Crippen molar-refractivity contribution in [2.24, 2.45) is 5.73 Å². The average Bonchev–Trinajstić information content (AvgIpc) is 3.01. The second-order valence-corrected chi connectivity index (χ2v) is 7.00. The van der Waals surface area contributed by atoms with Gasteiger partial charge in [0.2, 0.25) is 0 Å². The molecular formula is C20H32N2O2. The number of anilines is 1. The lowest BCUT2D eigenvalue weighted by atomic mass is 10.0. The van der Waals surface area contributed by atoms with Crippen LogP contribution in [0.25, 0.3) is 0 Å². The van der Waals surface area contributed by atoms with Gasteiger partial charge in [-0.1, -0.05) is 51.2 Å². The topological polar surface area (TPSA) is 55.6 Å². The molecule has 1 fully saturated rings. The molecule has 4 heteroatoms. The zero-order valence-corrected chi connectivity index (χ0v) is 15.2. The monoisotopic (exact) mass is 332 g/mol. The minimum absolute atomic E-state index is 0.315. The number of benzene rings is 1. The Hall–Kier alpha value is -1.55. The maximum Gasteiger partial charge on any atom is 0.327 e. The van der Waals surface area contributed by atoms with Crippen LogP contribution in [-0.4, -0.2) is 31.7 Å². The molecule has 1 aromatic rings. The first-order chi connectivity index (χ1) is 11.6. The number of carbonyl (C=O) groups is 1. The number of nitrogens with two attached hydrogens (primary N) is 1. The lowest BCUT2D eigenvalue weighted by Gasteiger charge is -2.23. The van der Waals surface area contributed by atoms with Crippen molar-refractivity contribution in [2.75, 3.05) is 25.1 Å². The van der Waals surface area contributed by atoms with Gasteiger partial charge < -0.3 is 15.4 Å². The van der Waals surface area contributed by atoms with Crippen molar-refractivity contribution < 1.29 is 9.53 Å². The molecule has 0 aromatic heterocycles. The molecule has 134 valence electrons. The minimum atomic E-state index is -0.869. The van der Waals surface area contributed by atoms with E-state index < -0.39 is 5.54 Å². The molecule has 0 aliphatic carbocycles. The Morgan fingerprint density at radius 2 is 1.83 bits per heavy atom. The highest BCUT2D eigenvalue weighted by atomic mass is 16.5. The molecule has 1 saturated heterocycles. The maximum atomic E-state index is 11.8. The molecule has 2 rings (SSSR count). The molecule has 0 radical (unpaired) electrons. The van der Waals surface area contributed by atoms with Crippen LogP contribution in [0.2, 0.25) is 0 Å². The number of hydrogen-bond donors (Lipinski definition) is 1. The lowest BCUT2D eigenvalue weighted by molar-refractivity contribution is -0.146. The molecule has 1 unspecified atom stereocenters. The van der Waals surface area contributed by atoms with Crippen LogP contribution in [0.5, 0.6) is 0 Å². The van der Waals surface area contributed by atoms with Gasteiger partial charge in [-0.05, 0) is 37.0 Å². The second-order valence-electron chi connectivity index (χ2n) is 7.00. The number of rotatable bonds is 9. The van der Waals surface area contributed by atoms with E-state index in [4.69, 9.17) is 10.5 Å². The van der Waals surface area contributed by atoms with Gasteiger partial charge in [-0.15, -0.1) is 0 Å². The Morgan fingerprint density at radius 1 is 1.17 bits per heavy atom. The summed E-state index contributed by atoms with van der Waals surface area (Å²) in [4.78, 5) is 14.0. The fourth-order valence-electron chi connectivity index (χ4n) is 3.41. The van der Waals surface area contributed by atoms with Crippen molar-refractivity contribution >= 4 is 11.7 Å². The first kappa shape index (κ1) is 18.8. The van der Waals surface area contributed by atoms with Crippen molar-refractivity contribution in [3.63, 3.8) is 0 Å². The van der Waals surface area contributed by atoms with Crippen LogP contribution in [0.3, 0.4) is 0 Å². The molecular weight excluding hydrogens is 300 g/mol. The second kappa shape index (κ2) is 9.07. The standard InChI is InChI=1S/C20H32N2O2/c1-3-4-5-6-7-8-9-17-10-12-18(13-11-17)22-15-14-20(21,16-22)19(23)24-2/h10-13H,3-9,14-16,21H2,1-2H3. The summed E-state index contributed by atoms with van der Waals surface area (Å²) in [6.45, 7) is 3.57. The third kappa shape index (κ3) is 4.97. The Bertz CT molecular complexity index is 515. The number of nitrogens with zero attached hydrogens (tertiary/aromatic N) is 1. The summed E-state index contributed by atoms with van der Waals surface area (Å²) >= 11 is 0. The predicted octanol–water partition coefficient (Wildman–Crippen LogP) is 3.67. The molecule has 1 aliphatic heterocycles. The largest absolute Gasteiger partial charge is 0.468 e. The van der Waals surface area contributed by atoms with Gasteiger partial charge in [0.25, 0.3) is 0 Å². The third-order valence-corrected chi connectivity index (χ3v) is 5.01. The van der Waals surface area contributed by atoms with Gasteiger partial charge in [0.15, 0.2) is 0 Å². The van der Waals surface area contributed by atoms with Crippen LogP contribution < -0.4 is 10.6 Å². The number of aryl methyl sites for hydroxylation is 1. The number of hydrogen-bond acceptors (Lipinski definition) is 4. The van der Waals surface area contributed by atoms with Crippen molar-refractivity contribution in [1.82, 2.24) is 0 Å². The normalized spacial score (nSPS) is 20.4. The van der Waals surface area contributed by atoms with E-state index in [1.54, 1.807) is 0 Å². The van der Waals surface area contributed by atoms with E-state index in [1.165, 1.54) is 51.2 Å². The van der Waals surface area contributed by atoms with E-state index in [1.807, 2.05) is 0 Å². The average molecular weight is 332 g/mol. The number of esters is 1. The summed E-state index contributed by atoms with van der Waals surface area (Å²) in [5.41, 5.74) is 7.83. The summed E-state index contributed by atoms with van der Waals surface area (Å²) < 4.78 is 4.83. The van der Waals surface area contributed by atoms with E-state index in [2.05, 4.69) is 36.1 Å². The van der Waals surface area contributed by atoms with Crippen molar-refractivity contribution in [1.29, 1.82) is 0 Å². The first-order valence-electron chi connectivity index (χ1n) is 9.30. The third-order valence-electron chi connectivity index (χ3n) is 5.01. The summed E-state index contributed by atoms with van der Waals surface area (Å²) in [6, 6.07) is 8.71. The van der Waals surface area contributed by atoms with Crippen LogP contribution in [-0.2, 0) is 16.0 Å². The van der Waals surface area contributed by atoms with Gasteiger partial charge in [-0.3, -0.25) is 0 Å².